The van der Waals surface area contributed by atoms with E-state index in [2.05, 4.69) is 10.5 Å². The van der Waals surface area contributed by atoms with Crippen molar-refractivity contribution in [3.63, 3.8) is 0 Å². The summed E-state index contributed by atoms with van der Waals surface area (Å²) in [7, 11) is 3.12. The summed E-state index contributed by atoms with van der Waals surface area (Å²) in [5.41, 5.74) is 4.18. The zero-order chi connectivity index (χ0) is 35.3. The Bertz CT molecular complexity index is 1730. The predicted molar refractivity (Wildman–Crippen MR) is 184 cm³/mol. The van der Waals surface area contributed by atoms with Crippen molar-refractivity contribution in [3.05, 3.63) is 75.3 Å². The van der Waals surface area contributed by atoms with Crippen molar-refractivity contribution in [2.45, 2.75) is 58.5 Å². The molecular weight excluding hydrogens is 677 g/mol. The number of amidine groups is 1. The SMILES string of the molecule is CCOC(=O)C[C@H]1O[C@H](c2ccc3c(c2Cl)OCCO3)c2cc(Cl)ccc2N(Cc2ccc(OC)cc2OC)C1=NNC(=O)OC(C)(C)C. The molecule has 0 saturated heterocycles. The van der Waals surface area contributed by atoms with E-state index in [0.717, 1.165) is 5.56 Å². The average molecular weight is 717 g/mol. The van der Waals surface area contributed by atoms with E-state index in [0.29, 0.717) is 58.0 Å². The molecule has 49 heavy (non-hydrogen) atoms. The first-order chi connectivity index (χ1) is 23.4. The first kappa shape index (κ1) is 35.9. The highest BCUT2D eigenvalue weighted by Gasteiger charge is 2.39. The summed E-state index contributed by atoms with van der Waals surface area (Å²) in [4.78, 5) is 27.9. The number of hydrogen-bond acceptors (Lipinski definition) is 10. The van der Waals surface area contributed by atoms with Gasteiger partial charge in [0.05, 0.1) is 38.8 Å². The molecule has 2 heterocycles. The third-order valence-corrected chi connectivity index (χ3v) is 8.15. The van der Waals surface area contributed by atoms with Crippen LogP contribution in [0.2, 0.25) is 10.0 Å². The second kappa shape index (κ2) is 15.4. The van der Waals surface area contributed by atoms with Crippen LogP contribution >= 0.6 is 23.2 Å². The maximum atomic E-state index is 13.2. The molecule has 0 fully saturated rings. The quantitative estimate of drug-likeness (QED) is 0.182. The summed E-state index contributed by atoms with van der Waals surface area (Å²) in [6.45, 7) is 7.93. The first-order valence-electron chi connectivity index (χ1n) is 15.7. The molecule has 3 aromatic rings. The van der Waals surface area contributed by atoms with Crippen molar-refractivity contribution in [2.24, 2.45) is 5.10 Å². The van der Waals surface area contributed by atoms with E-state index in [9.17, 15) is 9.59 Å². The van der Waals surface area contributed by atoms with Crippen LogP contribution in [-0.4, -0.2) is 63.6 Å². The number of esters is 1. The number of fused-ring (bicyclic) bond motifs is 2. The molecule has 2 aliphatic rings. The summed E-state index contributed by atoms with van der Waals surface area (Å²) in [6.07, 6.45) is -3.05. The summed E-state index contributed by atoms with van der Waals surface area (Å²) in [6, 6.07) is 14.3. The molecule has 0 radical (unpaired) electrons. The van der Waals surface area contributed by atoms with Gasteiger partial charge in [0.25, 0.3) is 0 Å². The standard InChI is InChI=1S/C35H39Cl2N3O9/c1-7-45-29(41)18-28-33(38-39-34(42)49-35(2,3)4)40(19-20-8-10-22(43-5)17-27(20)44-6)25-12-9-21(36)16-24(25)31(48-28)23-11-13-26-32(30(23)37)47-15-14-46-26/h8-13,16-17,28,31H,7,14-15,18-19H2,1-6H3,(H,39,42)/t28-,31-/m1/s1. The minimum Gasteiger partial charge on any atom is -0.497 e. The van der Waals surface area contributed by atoms with E-state index in [1.807, 2.05) is 17.0 Å². The lowest BCUT2D eigenvalue weighted by Crippen LogP contribution is -2.43. The Morgan fingerprint density at radius 3 is 2.49 bits per heavy atom. The van der Waals surface area contributed by atoms with Gasteiger partial charge < -0.3 is 38.1 Å². The first-order valence-corrected chi connectivity index (χ1v) is 16.4. The van der Waals surface area contributed by atoms with Crippen LogP contribution in [-0.2, 0) is 25.5 Å². The van der Waals surface area contributed by atoms with Gasteiger partial charge in [-0.1, -0.05) is 29.3 Å². The number of hydrogen-bond donors (Lipinski definition) is 1. The third-order valence-electron chi connectivity index (χ3n) is 7.53. The van der Waals surface area contributed by atoms with Crippen molar-refractivity contribution in [3.8, 4) is 23.0 Å². The van der Waals surface area contributed by atoms with Crippen LogP contribution in [0.3, 0.4) is 0 Å². The number of amides is 1. The molecule has 1 amide bonds. The van der Waals surface area contributed by atoms with Gasteiger partial charge in [0, 0.05) is 33.5 Å². The highest BCUT2D eigenvalue weighted by molar-refractivity contribution is 6.33. The number of nitrogens with one attached hydrogen (secondary N) is 1. The van der Waals surface area contributed by atoms with Crippen molar-refractivity contribution >= 4 is 46.8 Å². The minimum absolute atomic E-state index is 0.147. The van der Waals surface area contributed by atoms with Crippen LogP contribution < -0.4 is 29.3 Å². The van der Waals surface area contributed by atoms with E-state index in [4.69, 9.17) is 56.4 Å². The van der Waals surface area contributed by atoms with Crippen LogP contribution in [0.15, 0.2) is 53.6 Å². The summed E-state index contributed by atoms with van der Waals surface area (Å²) >= 11 is 13.6. The molecule has 2 aliphatic heterocycles. The van der Waals surface area contributed by atoms with Gasteiger partial charge in [-0.2, -0.15) is 5.10 Å². The molecule has 12 nitrogen and oxygen atoms in total. The minimum atomic E-state index is -1.08. The van der Waals surface area contributed by atoms with Crippen LogP contribution in [0.4, 0.5) is 10.5 Å². The largest absolute Gasteiger partial charge is 0.497 e. The van der Waals surface area contributed by atoms with Crippen LogP contribution in [0.1, 0.15) is 56.9 Å². The highest BCUT2D eigenvalue weighted by Crippen LogP contribution is 2.48. The highest BCUT2D eigenvalue weighted by atomic mass is 35.5. The molecule has 0 spiro atoms. The zero-order valence-corrected chi connectivity index (χ0v) is 29.6. The normalized spacial score (nSPS) is 17.9. The lowest BCUT2D eigenvalue weighted by atomic mass is 9.98. The van der Waals surface area contributed by atoms with Gasteiger partial charge in [-0.15, -0.1) is 0 Å². The molecule has 262 valence electrons. The van der Waals surface area contributed by atoms with Crippen molar-refractivity contribution in [1.82, 2.24) is 5.43 Å². The summed E-state index contributed by atoms with van der Waals surface area (Å²) in [5, 5.41) is 5.24. The fraction of sp³-hybridized carbons (Fsp3) is 0.400. The number of hydrazone groups is 1. The molecule has 5 rings (SSSR count). The van der Waals surface area contributed by atoms with Gasteiger partial charge in [-0.3, -0.25) is 4.79 Å². The number of nitrogens with zero attached hydrogens (tertiary/aromatic N) is 2. The lowest BCUT2D eigenvalue weighted by molar-refractivity contribution is -0.145. The Morgan fingerprint density at radius 2 is 1.78 bits per heavy atom. The number of rotatable bonds is 9. The van der Waals surface area contributed by atoms with E-state index < -0.39 is 29.9 Å². The molecule has 3 aromatic carbocycles. The van der Waals surface area contributed by atoms with Crippen molar-refractivity contribution in [1.29, 1.82) is 0 Å². The van der Waals surface area contributed by atoms with Gasteiger partial charge in [-0.05, 0) is 64.1 Å². The van der Waals surface area contributed by atoms with Crippen LogP contribution in [0.5, 0.6) is 23.0 Å². The third kappa shape index (κ3) is 8.44. The lowest BCUT2D eigenvalue weighted by Gasteiger charge is -2.29. The number of halogens is 2. The Balaban J connectivity index is 1.73. The number of anilines is 1. The number of ether oxygens (including phenoxy) is 7. The van der Waals surface area contributed by atoms with E-state index in [-0.39, 0.29) is 30.4 Å². The van der Waals surface area contributed by atoms with E-state index in [1.54, 1.807) is 78.3 Å². The number of benzene rings is 3. The van der Waals surface area contributed by atoms with Gasteiger partial charge in [0.1, 0.15) is 42.5 Å². The Kier molecular flexibility index (Phi) is 11.3. The van der Waals surface area contributed by atoms with Crippen molar-refractivity contribution in [2.75, 3.05) is 38.9 Å². The predicted octanol–water partition coefficient (Wildman–Crippen LogP) is 7.07. The number of methoxy groups -OCH3 is 2. The van der Waals surface area contributed by atoms with Gasteiger partial charge in [-0.25, -0.2) is 10.2 Å². The number of carbonyl (C=O) groups is 2. The average Bonchev–Trinajstić information content (AvgIpc) is 3.17. The molecule has 0 aromatic heterocycles. The second-order valence-corrected chi connectivity index (χ2v) is 12.9. The maximum absolute atomic E-state index is 13.2. The van der Waals surface area contributed by atoms with Crippen LogP contribution in [0, 0.1) is 0 Å². The van der Waals surface area contributed by atoms with Crippen LogP contribution in [0.25, 0.3) is 0 Å². The molecule has 1 N–H and O–H groups in total. The Labute approximate surface area is 295 Å². The Morgan fingerprint density at radius 1 is 1.00 bits per heavy atom. The van der Waals surface area contributed by atoms with E-state index >= 15 is 0 Å². The molecule has 0 saturated carbocycles. The molecule has 14 heteroatoms. The van der Waals surface area contributed by atoms with Gasteiger partial charge in [0.15, 0.2) is 17.3 Å². The van der Waals surface area contributed by atoms with Gasteiger partial charge in [0.2, 0.25) is 0 Å². The molecule has 2 atom stereocenters. The van der Waals surface area contributed by atoms with Gasteiger partial charge >= 0.3 is 12.1 Å². The molecular formula is C35H39Cl2N3O9. The fourth-order valence-corrected chi connectivity index (χ4v) is 5.97. The molecule has 0 bridgehead atoms. The monoisotopic (exact) mass is 715 g/mol. The smallest absolute Gasteiger partial charge is 0.428 e. The summed E-state index contributed by atoms with van der Waals surface area (Å²) in [5.74, 6) is 1.64. The Hall–Kier alpha value is -4.39. The van der Waals surface area contributed by atoms with Crippen molar-refractivity contribution < 1.29 is 42.7 Å². The molecule has 0 aliphatic carbocycles. The summed E-state index contributed by atoms with van der Waals surface area (Å²) < 4.78 is 40.4. The number of carbonyl (C=O) groups excluding carboxylic acids is 2. The zero-order valence-electron chi connectivity index (χ0n) is 28.1. The second-order valence-electron chi connectivity index (χ2n) is 12.1. The fourth-order valence-electron chi connectivity index (χ4n) is 5.48. The topological polar surface area (TPSA) is 126 Å². The molecule has 0 unspecified atom stereocenters. The maximum Gasteiger partial charge on any atom is 0.428 e. The van der Waals surface area contributed by atoms with E-state index in [1.165, 1.54) is 0 Å².